The molecule has 1 N–H and O–H groups in total. The van der Waals surface area contributed by atoms with E-state index in [0.29, 0.717) is 12.8 Å². The third kappa shape index (κ3) is 12.9. The molecule has 0 amide bonds. The first-order valence-electron chi connectivity index (χ1n) is 8.48. The number of aliphatic hydroxyl groups excluding tert-OH is 1. The predicted molar refractivity (Wildman–Crippen MR) is 88.0 cm³/mol. The molecule has 0 aromatic carbocycles. The molecule has 0 fully saturated rings. The summed E-state index contributed by atoms with van der Waals surface area (Å²) in [5, 5.41) is 10.1. The van der Waals surface area contributed by atoms with Gasteiger partial charge in [0.1, 0.15) is 6.79 Å². The van der Waals surface area contributed by atoms with Crippen LogP contribution < -0.4 is 0 Å². The van der Waals surface area contributed by atoms with Gasteiger partial charge in [0, 0.05) is 13.5 Å². The molecule has 0 unspecified atom stereocenters. The van der Waals surface area contributed by atoms with Crippen molar-refractivity contribution in [3.63, 3.8) is 0 Å². The number of unbranched alkanes of at least 4 members (excludes halogenated alkanes) is 7. The van der Waals surface area contributed by atoms with Crippen LogP contribution in [0.3, 0.4) is 0 Å². The minimum absolute atomic E-state index is 0.154. The Bertz CT molecular complexity index is 247. The third-order valence-electron chi connectivity index (χ3n) is 3.76. The van der Waals surface area contributed by atoms with Crippen molar-refractivity contribution in [1.82, 2.24) is 0 Å². The number of aliphatic hydroxyl groups is 1. The minimum atomic E-state index is -0.485. The van der Waals surface area contributed by atoms with Crippen LogP contribution in [0.4, 0.5) is 0 Å². The second-order valence-corrected chi connectivity index (χ2v) is 5.69. The van der Waals surface area contributed by atoms with Gasteiger partial charge in [0.25, 0.3) is 0 Å². The van der Waals surface area contributed by atoms with Gasteiger partial charge in [0.2, 0.25) is 0 Å². The molecule has 2 atom stereocenters. The van der Waals surface area contributed by atoms with Crippen molar-refractivity contribution in [3.05, 3.63) is 0 Å². The highest BCUT2D eigenvalue weighted by atomic mass is 16.7. The van der Waals surface area contributed by atoms with Crippen LogP contribution in [-0.4, -0.2) is 31.2 Å². The molecular formula is C18H34O3. The Kier molecular flexibility index (Phi) is 15.4. The summed E-state index contributed by atoms with van der Waals surface area (Å²) in [5.74, 6) is 2.56. The van der Waals surface area contributed by atoms with Crippen molar-refractivity contribution in [2.75, 3.05) is 13.9 Å². The zero-order valence-electron chi connectivity index (χ0n) is 14.0. The van der Waals surface area contributed by atoms with E-state index in [1.54, 1.807) is 7.11 Å². The highest BCUT2D eigenvalue weighted by Gasteiger charge is 2.18. The van der Waals surface area contributed by atoms with Crippen molar-refractivity contribution in [1.29, 1.82) is 0 Å². The lowest BCUT2D eigenvalue weighted by atomic mass is 10.0. The van der Waals surface area contributed by atoms with E-state index < -0.39 is 6.10 Å². The summed E-state index contributed by atoms with van der Waals surface area (Å²) in [6.07, 6.45) is 16.9. The zero-order valence-corrected chi connectivity index (χ0v) is 14.0. The van der Waals surface area contributed by atoms with Crippen molar-refractivity contribution < 1.29 is 14.6 Å². The standard InChI is InChI=1S/C18H34O3/c1-4-6-8-9-10-11-12-13-15-18(21-16-20-3)17(19)14-7-5-2/h2,17-19H,4,6-16H2,1,3H3/t17-,18+/m0/s1. The second-order valence-electron chi connectivity index (χ2n) is 5.69. The smallest absolute Gasteiger partial charge is 0.146 e. The highest BCUT2D eigenvalue weighted by molar-refractivity contribution is 4.85. The van der Waals surface area contributed by atoms with Crippen molar-refractivity contribution in [2.45, 2.75) is 89.8 Å². The summed E-state index contributed by atoms with van der Waals surface area (Å²) in [7, 11) is 1.60. The Morgan fingerprint density at radius 2 is 1.62 bits per heavy atom. The largest absolute Gasteiger partial charge is 0.390 e. The average molecular weight is 298 g/mol. The van der Waals surface area contributed by atoms with Gasteiger partial charge in [0.05, 0.1) is 12.2 Å². The molecular weight excluding hydrogens is 264 g/mol. The fourth-order valence-electron chi connectivity index (χ4n) is 2.44. The summed E-state index contributed by atoms with van der Waals surface area (Å²) in [4.78, 5) is 0. The molecule has 0 aliphatic rings. The molecule has 124 valence electrons. The van der Waals surface area contributed by atoms with Gasteiger partial charge >= 0.3 is 0 Å². The molecule has 0 aromatic heterocycles. The molecule has 0 saturated heterocycles. The fourth-order valence-corrected chi connectivity index (χ4v) is 2.44. The number of methoxy groups -OCH3 is 1. The molecule has 0 radical (unpaired) electrons. The maximum Gasteiger partial charge on any atom is 0.146 e. The average Bonchev–Trinajstić information content (AvgIpc) is 2.50. The van der Waals surface area contributed by atoms with Gasteiger partial charge in [-0.3, -0.25) is 0 Å². The Morgan fingerprint density at radius 1 is 1.00 bits per heavy atom. The molecule has 0 heterocycles. The van der Waals surface area contributed by atoms with E-state index in [2.05, 4.69) is 12.8 Å². The summed E-state index contributed by atoms with van der Waals surface area (Å²) < 4.78 is 10.5. The van der Waals surface area contributed by atoms with Crippen LogP contribution in [0.5, 0.6) is 0 Å². The first-order chi connectivity index (χ1) is 10.3. The van der Waals surface area contributed by atoms with Gasteiger partial charge in [-0.1, -0.05) is 58.3 Å². The van der Waals surface area contributed by atoms with Crippen molar-refractivity contribution in [3.8, 4) is 12.3 Å². The van der Waals surface area contributed by atoms with Crippen LogP contribution in [0, 0.1) is 12.3 Å². The van der Waals surface area contributed by atoms with E-state index in [1.165, 1.54) is 44.9 Å². The number of rotatable bonds is 15. The van der Waals surface area contributed by atoms with E-state index in [-0.39, 0.29) is 12.9 Å². The maximum atomic E-state index is 10.1. The van der Waals surface area contributed by atoms with E-state index in [0.717, 1.165) is 12.8 Å². The van der Waals surface area contributed by atoms with E-state index in [9.17, 15) is 5.11 Å². The van der Waals surface area contributed by atoms with Crippen molar-refractivity contribution in [2.24, 2.45) is 0 Å². The summed E-state index contributed by atoms with van der Waals surface area (Å²) in [6.45, 7) is 2.47. The van der Waals surface area contributed by atoms with Gasteiger partial charge in [-0.2, -0.15) is 0 Å². The second kappa shape index (κ2) is 15.8. The monoisotopic (exact) mass is 298 g/mol. The Labute approximate surface area is 131 Å². The number of ether oxygens (including phenoxy) is 2. The summed E-state index contributed by atoms with van der Waals surface area (Å²) in [6, 6.07) is 0. The topological polar surface area (TPSA) is 38.7 Å². The molecule has 0 bridgehead atoms. The molecule has 0 aliphatic heterocycles. The normalized spacial score (nSPS) is 13.8. The maximum absolute atomic E-state index is 10.1. The van der Waals surface area contributed by atoms with Crippen LogP contribution in [-0.2, 0) is 9.47 Å². The first-order valence-corrected chi connectivity index (χ1v) is 8.48. The van der Waals surface area contributed by atoms with E-state index in [4.69, 9.17) is 15.9 Å². The molecule has 0 rings (SSSR count). The van der Waals surface area contributed by atoms with Crippen LogP contribution >= 0.6 is 0 Å². The Hall–Kier alpha value is -0.560. The lowest BCUT2D eigenvalue weighted by Crippen LogP contribution is -2.29. The van der Waals surface area contributed by atoms with Gasteiger partial charge < -0.3 is 14.6 Å². The number of hydrogen-bond donors (Lipinski definition) is 1. The molecule has 0 aromatic rings. The minimum Gasteiger partial charge on any atom is -0.390 e. The SMILES string of the molecule is C#CCC[C@H](O)[C@@H](CCCCCCCCCC)OCOC. The Balaban J connectivity index is 3.72. The Morgan fingerprint density at radius 3 is 2.19 bits per heavy atom. The number of hydrogen-bond acceptors (Lipinski definition) is 3. The van der Waals surface area contributed by atoms with Crippen LogP contribution in [0.15, 0.2) is 0 Å². The predicted octanol–water partition coefficient (Wildman–Crippen LogP) is 4.28. The zero-order chi connectivity index (χ0) is 15.8. The van der Waals surface area contributed by atoms with Crippen molar-refractivity contribution >= 4 is 0 Å². The summed E-state index contributed by atoms with van der Waals surface area (Å²) in [5.41, 5.74) is 0. The fraction of sp³-hybridized carbons (Fsp3) is 0.889. The van der Waals surface area contributed by atoms with E-state index >= 15 is 0 Å². The molecule has 3 nitrogen and oxygen atoms in total. The highest BCUT2D eigenvalue weighted by Crippen LogP contribution is 2.16. The molecule has 0 saturated carbocycles. The lowest BCUT2D eigenvalue weighted by molar-refractivity contribution is -0.116. The number of terminal acetylenes is 1. The first kappa shape index (κ1) is 20.4. The quantitative estimate of drug-likeness (QED) is 0.278. The lowest BCUT2D eigenvalue weighted by Gasteiger charge is -2.22. The summed E-state index contributed by atoms with van der Waals surface area (Å²) >= 11 is 0. The van der Waals surface area contributed by atoms with Gasteiger partial charge in [-0.15, -0.1) is 12.3 Å². The van der Waals surface area contributed by atoms with Gasteiger partial charge in [-0.05, 0) is 12.8 Å². The molecule has 3 heteroatoms. The van der Waals surface area contributed by atoms with Gasteiger partial charge in [-0.25, -0.2) is 0 Å². The van der Waals surface area contributed by atoms with E-state index in [1.807, 2.05) is 0 Å². The molecule has 0 aliphatic carbocycles. The van der Waals surface area contributed by atoms with Gasteiger partial charge in [0.15, 0.2) is 0 Å². The van der Waals surface area contributed by atoms with Crippen LogP contribution in [0.2, 0.25) is 0 Å². The third-order valence-corrected chi connectivity index (χ3v) is 3.76. The molecule has 21 heavy (non-hydrogen) atoms. The van der Waals surface area contributed by atoms with Crippen LogP contribution in [0.1, 0.15) is 77.6 Å². The van der Waals surface area contributed by atoms with Crippen LogP contribution in [0.25, 0.3) is 0 Å². The molecule has 0 spiro atoms.